The predicted molar refractivity (Wildman–Crippen MR) is 103 cm³/mol. The summed E-state index contributed by atoms with van der Waals surface area (Å²) in [5.41, 5.74) is 1.97. The maximum Gasteiger partial charge on any atom is 0.251 e. The van der Waals surface area contributed by atoms with Gasteiger partial charge in [-0.15, -0.1) is 0 Å². The standard InChI is InChI=1S/C19H24N2O4S/c1-5-21(26(4,23)24)17-10-6-16(7-11-17)19(22)20-14(2)15-8-12-18(25-3)13-9-15/h6-14H,5H2,1-4H3,(H,20,22)/t14-/m0/s1. The fourth-order valence-electron chi connectivity index (χ4n) is 2.64. The quantitative estimate of drug-likeness (QED) is 0.806. The van der Waals surface area contributed by atoms with E-state index in [0.29, 0.717) is 17.8 Å². The normalized spacial score (nSPS) is 12.3. The zero-order valence-corrected chi connectivity index (χ0v) is 16.2. The Kier molecular flexibility index (Phi) is 6.26. The van der Waals surface area contributed by atoms with Crippen LogP contribution in [0.1, 0.15) is 35.8 Å². The number of carbonyl (C=O) groups is 1. The second kappa shape index (κ2) is 8.23. The summed E-state index contributed by atoms with van der Waals surface area (Å²) >= 11 is 0. The van der Waals surface area contributed by atoms with Crippen molar-refractivity contribution >= 4 is 21.6 Å². The number of hydrogen-bond acceptors (Lipinski definition) is 4. The highest BCUT2D eigenvalue weighted by molar-refractivity contribution is 7.92. The van der Waals surface area contributed by atoms with Crippen molar-refractivity contribution in [3.63, 3.8) is 0 Å². The van der Waals surface area contributed by atoms with E-state index in [4.69, 9.17) is 4.74 Å². The van der Waals surface area contributed by atoms with Crippen LogP contribution >= 0.6 is 0 Å². The molecule has 0 saturated carbocycles. The lowest BCUT2D eigenvalue weighted by Crippen LogP contribution is -2.29. The monoisotopic (exact) mass is 376 g/mol. The van der Waals surface area contributed by atoms with Crippen LogP contribution in [0.5, 0.6) is 5.75 Å². The molecule has 0 saturated heterocycles. The van der Waals surface area contributed by atoms with Crippen LogP contribution in [-0.2, 0) is 10.0 Å². The Morgan fingerprint density at radius 2 is 1.69 bits per heavy atom. The molecule has 26 heavy (non-hydrogen) atoms. The number of rotatable bonds is 7. The van der Waals surface area contributed by atoms with Gasteiger partial charge in [0.2, 0.25) is 10.0 Å². The highest BCUT2D eigenvalue weighted by Gasteiger charge is 2.16. The molecule has 1 amide bonds. The number of nitrogens with zero attached hydrogens (tertiary/aromatic N) is 1. The number of ether oxygens (including phenoxy) is 1. The zero-order valence-electron chi connectivity index (χ0n) is 15.4. The third-order valence-corrected chi connectivity index (χ3v) is 5.34. The largest absolute Gasteiger partial charge is 0.497 e. The summed E-state index contributed by atoms with van der Waals surface area (Å²) in [6.45, 7) is 3.99. The molecule has 0 aliphatic carbocycles. The van der Waals surface area contributed by atoms with Gasteiger partial charge >= 0.3 is 0 Å². The number of nitrogens with one attached hydrogen (secondary N) is 1. The van der Waals surface area contributed by atoms with Crippen LogP contribution < -0.4 is 14.4 Å². The van der Waals surface area contributed by atoms with Crippen molar-refractivity contribution in [2.45, 2.75) is 19.9 Å². The van der Waals surface area contributed by atoms with Crippen molar-refractivity contribution in [1.82, 2.24) is 5.32 Å². The van der Waals surface area contributed by atoms with Gasteiger partial charge in [0.05, 0.1) is 25.1 Å². The number of amides is 1. The van der Waals surface area contributed by atoms with E-state index in [1.165, 1.54) is 4.31 Å². The Morgan fingerprint density at radius 3 is 2.15 bits per heavy atom. The Hall–Kier alpha value is -2.54. The van der Waals surface area contributed by atoms with E-state index >= 15 is 0 Å². The molecule has 2 aromatic rings. The minimum absolute atomic E-state index is 0.170. The van der Waals surface area contributed by atoms with Crippen molar-refractivity contribution in [2.75, 3.05) is 24.2 Å². The van der Waals surface area contributed by atoms with E-state index < -0.39 is 10.0 Å². The number of sulfonamides is 1. The van der Waals surface area contributed by atoms with Gasteiger partial charge in [-0.1, -0.05) is 12.1 Å². The summed E-state index contributed by atoms with van der Waals surface area (Å²) in [5, 5.41) is 2.93. The lowest BCUT2D eigenvalue weighted by Gasteiger charge is -2.20. The fraction of sp³-hybridized carbons (Fsp3) is 0.316. The van der Waals surface area contributed by atoms with Crippen LogP contribution in [0.2, 0.25) is 0 Å². The fourth-order valence-corrected chi connectivity index (χ4v) is 3.62. The summed E-state index contributed by atoms with van der Waals surface area (Å²) in [6, 6.07) is 13.8. The summed E-state index contributed by atoms with van der Waals surface area (Å²) in [4.78, 5) is 12.4. The molecule has 6 nitrogen and oxygen atoms in total. The minimum Gasteiger partial charge on any atom is -0.497 e. The minimum atomic E-state index is -3.34. The molecular formula is C19H24N2O4S. The Balaban J connectivity index is 2.09. The summed E-state index contributed by atoms with van der Waals surface area (Å²) in [7, 11) is -1.73. The van der Waals surface area contributed by atoms with Crippen LogP contribution in [0.25, 0.3) is 0 Å². The zero-order chi connectivity index (χ0) is 19.3. The molecule has 0 aliphatic rings. The van der Waals surface area contributed by atoms with E-state index in [9.17, 15) is 13.2 Å². The average Bonchev–Trinajstić information content (AvgIpc) is 2.61. The second-order valence-electron chi connectivity index (χ2n) is 5.94. The molecule has 0 unspecified atom stereocenters. The van der Waals surface area contributed by atoms with Crippen LogP contribution in [0.15, 0.2) is 48.5 Å². The lowest BCUT2D eigenvalue weighted by atomic mass is 10.1. The highest BCUT2D eigenvalue weighted by atomic mass is 32.2. The number of hydrogen-bond donors (Lipinski definition) is 1. The molecule has 0 aliphatic heterocycles. The molecule has 0 fully saturated rings. The first-order valence-electron chi connectivity index (χ1n) is 8.29. The smallest absolute Gasteiger partial charge is 0.251 e. The molecular weight excluding hydrogens is 352 g/mol. The first-order valence-corrected chi connectivity index (χ1v) is 10.1. The molecule has 0 aromatic heterocycles. The van der Waals surface area contributed by atoms with Crippen molar-refractivity contribution in [1.29, 1.82) is 0 Å². The molecule has 1 N–H and O–H groups in total. The molecule has 140 valence electrons. The van der Waals surface area contributed by atoms with Crippen LogP contribution in [0.3, 0.4) is 0 Å². The maximum absolute atomic E-state index is 12.4. The van der Waals surface area contributed by atoms with Gasteiger partial charge in [-0.05, 0) is 55.8 Å². The molecule has 0 spiro atoms. The highest BCUT2D eigenvalue weighted by Crippen LogP contribution is 2.20. The SMILES string of the molecule is CCN(c1ccc(C(=O)N[C@@H](C)c2ccc(OC)cc2)cc1)S(C)(=O)=O. The Morgan fingerprint density at radius 1 is 1.12 bits per heavy atom. The van der Waals surface area contributed by atoms with Crippen molar-refractivity contribution in [2.24, 2.45) is 0 Å². The van der Waals surface area contributed by atoms with E-state index in [0.717, 1.165) is 17.6 Å². The summed E-state index contributed by atoms with van der Waals surface area (Å²) in [5.74, 6) is 0.538. The molecule has 7 heteroatoms. The van der Waals surface area contributed by atoms with E-state index in [1.807, 2.05) is 31.2 Å². The van der Waals surface area contributed by atoms with Gasteiger partial charge in [0, 0.05) is 12.1 Å². The number of anilines is 1. The summed E-state index contributed by atoms with van der Waals surface area (Å²) in [6.07, 6.45) is 1.16. The molecule has 2 rings (SSSR count). The van der Waals surface area contributed by atoms with Crippen molar-refractivity contribution < 1.29 is 17.9 Å². The van der Waals surface area contributed by atoms with Crippen LogP contribution in [-0.4, -0.2) is 34.2 Å². The third kappa shape index (κ3) is 4.76. The number of carbonyl (C=O) groups excluding carboxylic acids is 1. The molecule has 2 aromatic carbocycles. The van der Waals surface area contributed by atoms with Gasteiger partial charge in [-0.3, -0.25) is 9.10 Å². The molecule has 0 bridgehead atoms. The Bertz CT molecular complexity index is 846. The van der Waals surface area contributed by atoms with Gasteiger partial charge in [0.25, 0.3) is 5.91 Å². The van der Waals surface area contributed by atoms with Crippen LogP contribution in [0, 0.1) is 0 Å². The Labute approximate surface area is 154 Å². The lowest BCUT2D eigenvalue weighted by molar-refractivity contribution is 0.0940. The second-order valence-corrected chi connectivity index (χ2v) is 7.85. The number of benzene rings is 2. The van der Waals surface area contributed by atoms with Gasteiger partial charge in [-0.2, -0.15) is 0 Å². The van der Waals surface area contributed by atoms with E-state index in [1.54, 1.807) is 38.3 Å². The van der Waals surface area contributed by atoms with Gasteiger partial charge < -0.3 is 10.1 Å². The summed E-state index contributed by atoms with van der Waals surface area (Å²) < 4.78 is 30.0. The van der Waals surface area contributed by atoms with Gasteiger partial charge in [0.15, 0.2) is 0 Å². The van der Waals surface area contributed by atoms with Crippen LogP contribution in [0.4, 0.5) is 5.69 Å². The third-order valence-electron chi connectivity index (χ3n) is 4.07. The predicted octanol–water partition coefficient (Wildman–Crippen LogP) is 2.97. The molecule has 0 radical (unpaired) electrons. The van der Waals surface area contributed by atoms with E-state index in [-0.39, 0.29) is 11.9 Å². The molecule has 1 atom stereocenters. The van der Waals surface area contributed by atoms with E-state index in [2.05, 4.69) is 5.32 Å². The average molecular weight is 376 g/mol. The van der Waals surface area contributed by atoms with Gasteiger partial charge in [-0.25, -0.2) is 8.42 Å². The molecule has 0 heterocycles. The number of methoxy groups -OCH3 is 1. The van der Waals surface area contributed by atoms with Crippen molar-refractivity contribution in [3.05, 3.63) is 59.7 Å². The van der Waals surface area contributed by atoms with Gasteiger partial charge in [0.1, 0.15) is 5.75 Å². The van der Waals surface area contributed by atoms with Crippen molar-refractivity contribution in [3.8, 4) is 5.75 Å². The maximum atomic E-state index is 12.4. The topological polar surface area (TPSA) is 75.7 Å². The first-order chi connectivity index (χ1) is 12.3. The first kappa shape index (κ1) is 19.8.